The first-order chi connectivity index (χ1) is 39.7. The molecule has 0 spiro atoms. The van der Waals surface area contributed by atoms with Gasteiger partial charge in [0.15, 0.2) is 11.0 Å². The van der Waals surface area contributed by atoms with E-state index in [-0.39, 0.29) is 12.4 Å². The Hall–Kier alpha value is -10.4. The van der Waals surface area contributed by atoms with Crippen LogP contribution in [0.3, 0.4) is 0 Å². The van der Waals surface area contributed by atoms with Gasteiger partial charge in [0.2, 0.25) is 0 Å². The number of hydrogen-bond acceptors (Lipinski definition) is 3. The van der Waals surface area contributed by atoms with Gasteiger partial charge in [0.1, 0.15) is 0 Å². The third kappa shape index (κ3) is 1.80. The minimum absolute atomic E-state index is 0.0941. The summed E-state index contributed by atoms with van der Waals surface area (Å²) >= 11 is 0. The van der Waals surface area contributed by atoms with Crippen molar-refractivity contribution in [1.82, 2.24) is 0 Å². The maximum absolute atomic E-state index is 16.8. The number of ether oxygens (including phenoxy) is 1. The average Bonchev–Trinajstić information content (AvgIpc) is 1.43. The molecule has 0 atom stereocenters. The highest BCUT2D eigenvalue weighted by Crippen LogP contribution is 2.84. The van der Waals surface area contributed by atoms with Gasteiger partial charge in [0.05, 0.1) is 12.5 Å². The van der Waals surface area contributed by atoms with Crippen LogP contribution in [0.5, 0.6) is 0 Å². The van der Waals surface area contributed by atoms with E-state index < -0.39 is 11.0 Å². The number of benzene rings is 21. The molecule has 0 heterocycles. The molecule has 0 unspecified atom stereocenters. The maximum atomic E-state index is 16.8. The molecule has 3 nitrogen and oxygen atoms in total. The normalized spacial score (nSPS) is 20.4. The second kappa shape index (κ2) is 7.42. The van der Waals surface area contributed by atoms with Crippen molar-refractivity contribution in [3.05, 3.63) is 82.4 Å². The fourth-order valence-corrected chi connectivity index (χ4v) is 26.2. The molecule has 80 heavy (non-hydrogen) atoms. The largest absolute Gasteiger partial charge is 0.446 e. The van der Waals surface area contributed by atoms with Crippen LogP contribution in [0.1, 0.15) is 27.8 Å². The van der Waals surface area contributed by atoms with Gasteiger partial charge in [-0.05, 0) is 335 Å². The summed E-state index contributed by atoms with van der Waals surface area (Å²) in [6.45, 7) is 0. The lowest BCUT2D eigenvalue weighted by Gasteiger charge is -2.49. The molecular formula is C77H11NO2. The molecule has 4 aliphatic carbocycles. The minimum atomic E-state index is -1.47. The lowest BCUT2D eigenvalue weighted by Crippen LogP contribution is -2.54. The van der Waals surface area contributed by atoms with Crippen molar-refractivity contribution < 1.29 is 9.53 Å². The molecule has 35 rings (SSSR count). The molecular weight excluding hydrogens is 971 g/mol. The van der Waals surface area contributed by atoms with Crippen LogP contribution in [0.4, 0.5) is 0 Å². The summed E-state index contributed by atoms with van der Waals surface area (Å²) in [6.07, 6.45) is 0.0941. The molecule has 336 valence electrons. The van der Waals surface area contributed by atoms with Crippen molar-refractivity contribution in [2.24, 2.45) is 0 Å². The van der Waals surface area contributed by atoms with Crippen LogP contribution in [0.2, 0.25) is 0 Å². The zero-order chi connectivity index (χ0) is 48.4. The summed E-state index contributed by atoms with van der Waals surface area (Å²) in [5, 5.41) is 97.0. The van der Waals surface area contributed by atoms with Gasteiger partial charge in [-0.1, -0.05) is 48.5 Å². The minimum Gasteiger partial charge on any atom is -0.446 e. The SMILES string of the molecule is N#CC12c3c4c5c6c7c8c(c9c%10c1c1c3c3c%11c4c4c5c5c7c7c%12c8c8c9c9c%10c%10c1c1c3c3c%11c%11c4c4c5c7c5c7c%12c8c8c9c9c%10c1c1c3c3c%11c4c5c4c7c8c9c1c34)C62OC(=O)Cc1c2ccccc2cc2ccccc12. The fourth-order valence-electron chi connectivity index (χ4n) is 26.2. The third-order valence-corrected chi connectivity index (χ3v) is 26.9. The Morgan fingerprint density at radius 3 is 0.762 bits per heavy atom. The predicted octanol–water partition coefficient (Wildman–Crippen LogP) is 19.9. The van der Waals surface area contributed by atoms with E-state index in [0.717, 1.165) is 38.2 Å². The predicted molar refractivity (Wildman–Crippen MR) is 331 cm³/mol. The Kier molecular flexibility index (Phi) is 2.88. The second-order valence-electron chi connectivity index (χ2n) is 27.7. The Balaban J connectivity index is 0.986. The highest BCUT2D eigenvalue weighted by molar-refractivity contribution is 6.82. The Morgan fingerprint density at radius 1 is 0.312 bits per heavy atom. The molecule has 4 aliphatic rings. The van der Waals surface area contributed by atoms with Gasteiger partial charge in [0, 0.05) is 11.1 Å². The number of fused-ring (bicyclic) bond motifs is 2. The van der Waals surface area contributed by atoms with Crippen LogP contribution < -0.4 is 0 Å². The third-order valence-electron chi connectivity index (χ3n) is 26.9. The molecule has 31 aromatic carbocycles. The van der Waals surface area contributed by atoms with Crippen LogP contribution in [0, 0.1) is 11.3 Å². The first-order valence-corrected chi connectivity index (χ1v) is 29.0. The van der Waals surface area contributed by atoms with E-state index in [9.17, 15) is 5.26 Å². The highest BCUT2D eigenvalue weighted by Gasteiger charge is 2.73. The van der Waals surface area contributed by atoms with E-state index in [1.54, 1.807) is 53.9 Å². The van der Waals surface area contributed by atoms with Gasteiger partial charge in [-0.25, -0.2) is 0 Å². The molecule has 0 aromatic heterocycles. The number of nitrogens with zero attached hydrogens (tertiary/aromatic N) is 1. The zero-order valence-corrected chi connectivity index (χ0v) is 40.7. The molecule has 0 fully saturated rings. The topological polar surface area (TPSA) is 50.1 Å². The monoisotopic (exact) mass is 981 g/mol. The van der Waals surface area contributed by atoms with Crippen molar-refractivity contribution in [1.29, 1.82) is 5.26 Å². The number of carbonyl (C=O) groups excluding carboxylic acids is 1. The van der Waals surface area contributed by atoms with Crippen LogP contribution in [0.15, 0.2) is 54.6 Å². The van der Waals surface area contributed by atoms with E-state index in [4.69, 9.17) is 4.74 Å². The molecule has 0 saturated heterocycles. The van der Waals surface area contributed by atoms with Gasteiger partial charge in [0.25, 0.3) is 0 Å². The van der Waals surface area contributed by atoms with Gasteiger partial charge in [-0.2, -0.15) is 5.26 Å². The summed E-state index contributed by atoms with van der Waals surface area (Å²) in [5.74, 6) is -0.251. The number of carbonyl (C=O) groups is 1. The van der Waals surface area contributed by atoms with Gasteiger partial charge in [-0.15, -0.1) is 0 Å². The summed E-state index contributed by atoms with van der Waals surface area (Å²) in [4.78, 5) is 16.8. The first-order valence-electron chi connectivity index (χ1n) is 29.0. The van der Waals surface area contributed by atoms with E-state index in [0.29, 0.717) is 0 Å². The zero-order valence-electron chi connectivity index (χ0n) is 40.7. The standard InChI is InChI=1S/C77H11NO2/c78-11-76-72-64-56-46-36-28-20-18-19-22-26-24(20)32-40-34(26)44-38-30(22)31-23(19)27-25-21(18)29(28)37-43-33(25)41-35(27)45-39(31)49-48(38)60-54(44)62-52(40)58(50(56)42(32)36)66(72)68(62)74-70(60)71-61(49)55(45)63-53(41)59-51(43)57(47(37)46)65(64)73(76)67(59)69(63)75(71)77(74,76)80-17(79)10-16-14-7-3-1-5-12(14)9-13-6-2-4-8-15(13)16/h1-9H,10H2. The van der Waals surface area contributed by atoms with Gasteiger partial charge < -0.3 is 4.74 Å². The van der Waals surface area contributed by atoms with E-state index in [2.05, 4.69) is 60.7 Å². The number of rotatable bonds is 3. The lowest BCUT2D eigenvalue weighted by molar-refractivity contribution is -0.159. The number of hydrogen-bond donors (Lipinski definition) is 0. The van der Waals surface area contributed by atoms with Crippen molar-refractivity contribution in [3.63, 3.8) is 0 Å². The lowest BCUT2D eigenvalue weighted by atomic mass is 9.55. The van der Waals surface area contributed by atoms with E-state index in [1.165, 1.54) is 248 Å². The maximum Gasteiger partial charge on any atom is 0.311 e. The average molecular weight is 982 g/mol. The summed E-state index contributed by atoms with van der Waals surface area (Å²) in [7, 11) is 0. The molecule has 31 aromatic rings. The van der Waals surface area contributed by atoms with Crippen LogP contribution in [0.25, 0.3) is 312 Å². The van der Waals surface area contributed by atoms with Crippen LogP contribution >= 0.6 is 0 Å². The van der Waals surface area contributed by atoms with Crippen molar-refractivity contribution in [3.8, 4) is 6.07 Å². The van der Waals surface area contributed by atoms with Crippen LogP contribution in [-0.2, 0) is 27.0 Å². The first kappa shape index (κ1) is 31.1. The number of nitriles is 1. The molecule has 0 radical (unpaired) electrons. The summed E-state index contributed by atoms with van der Waals surface area (Å²) < 4.78 is 8.32. The Labute approximate surface area is 436 Å². The molecule has 0 bridgehead atoms. The van der Waals surface area contributed by atoms with Crippen molar-refractivity contribution >= 4 is 318 Å². The Morgan fingerprint density at radius 2 is 0.525 bits per heavy atom. The van der Waals surface area contributed by atoms with Gasteiger partial charge >= 0.3 is 5.97 Å². The van der Waals surface area contributed by atoms with Crippen molar-refractivity contribution in [2.75, 3.05) is 0 Å². The second-order valence-corrected chi connectivity index (χ2v) is 27.7. The molecule has 0 saturated carbocycles. The number of esters is 1. The molecule has 0 N–H and O–H groups in total. The van der Waals surface area contributed by atoms with Crippen LogP contribution in [-0.4, -0.2) is 5.97 Å². The Bertz CT molecular complexity index is 8060. The van der Waals surface area contributed by atoms with E-state index >= 15 is 4.79 Å². The molecule has 0 aliphatic heterocycles. The van der Waals surface area contributed by atoms with E-state index in [1.807, 2.05) is 0 Å². The van der Waals surface area contributed by atoms with Gasteiger partial charge in [-0.3, -0.25) is 4.79 Å². The quantitative estimate of drug-likeness (QED) is 0.101. The summed E-state index contributed by atoms with van der Waals surface area (Å²) in [6, 6.07) is 22.9. The van der Waals surface area contributed by atoms with Crippen molar-refractivity contribution in [2.45, 2.75) is 17.4 Å². The summed E-state index contributed by atoms with van der Waals surface area (Å²) in [5.41, 5.74) is 2.78. The molecule has 0 amide bonds. The smallest absolute Gasteiger partial charge is 0.311 e. The molecule has 3 heteroatoms. The fraction of sp³-hybridized carbons (Fsp3) is 0.0390. The highest BCUT2D eigenvalue weighted by atomic mass is 16.6.